The number of rotatable bonds is 1. The van der Waals surface area contributed by atoms with E-state index in [0.717, 1.165) is 18.5 Å². The molecule has 3 nitrogen and oxygen atoms in total. The highest BCUT2D eigenvalue weighted by atomic mass is 16.6. The van der Waals surface area contributed by atoms with Crippen LogP contribution in [0.25, 0.3) is 0 Å². The fraction of sp³-hybridized carbons (Fsp3) is 0.583. The van der Waals surface area contributed by atoms with Crippen molar-refractivity contribution in [3.63, 3.8) is 0 Å². The maximum Gasteiger partial charge on any atom is 0.411 e. The van der Waals surface area contributed by atoms with E-state index in [9.17, 15) is 4.79 Å². The average Bonchev–Trinajstić information content (AvgIpc) is 2.05. The SMILES string of the molecule is CC1=CC=C(NC(=O)OC(C)(C)C)CC1. The van der Waals surface area contributed by atoms with Gasteiger partial charge in [0.2, 0.25) is 0 Å². The maximum atomic E-state index is 11.4. The normalized spacial score (nSPS) is 16.5. The van der Waals surface area contributed by atoms with E-state index in [4.69, 9.17) is 4.74 Å². The summed E-state index contributed by atoms with van der Waals surface area (Å²) < 4.78 is 5.16. The molecule has 3 heteroatoms. The molecule has 1 aliphatic carbocycles. The number of hydrogen-bond donors (Lipinski definition) is 1. The van der Waals surface area contributed by atoms with Crippen molar-refractivity contribution < 1.29 is 9.53 Å². The fourth-order valence-electron chi connectivity index (χ4n) is 1.28. The van der Waals surface area contributed by atoms with E-state index in [2.05, 4.69) is 12.2 Å². The minimum absolute atomic E-state index is 0.373. The van der Waals surface area contributed by atoms with Gasteiger partial charge >= 0.3 is 6.09 Å². The minimum atomic E-state index is -0.439. The van der Waals surface area contributed by atoms with E-state index in [1.165, 1.54) is 5.57 Å². The molecular formula is C12H19NO2. The molecule has 0 saturated heterocycles. The van der Waals surface area contributed by atoms with Crippen LogP contribution in [0.5, 0.6) is 0 Å². The summed E-state index contributed by atoms with van der Waals surface area (Å²) in [5.41, 5.74) is 1.82. The summed E-state index contributed by atoms with van der Waals surface area (Å²) in [5.74, 6) is 0. The standard InChI is InChI=1S/C12H19NO2/c1-9-5-7-10(8-6-9)13-11(14)15-12(2,3)4/h5,7H,6,8H2,1-4H3,(H,13,14). The van der Waals surface area contributed by atoms with E-state index in [1.807, 2.05) is 32.9 Å². The monoisotopic (exact) mass is 209 g/mol. The van der Waals surface area contributed by atoms with Gasteiger partial charge in [-0.05, 0) is 46.6 Å². The summed E-state index contributed by atoms with van der Waals surface area (Å²) >= 11 is 0. The van der Waals surface area contributed by atoms with Gasteiger partial charge in [-0.25, -0.2) is 4.79 Å². The van der Waals surface area contributed by atoms with Gasteiger partial charge in [-0.15, -0.1) is 0 Å². The Hall–Kier alpha value is -1.25. The Bertz CT molecular complexity index is 308. The van der Waals surface area contributed by atoms with Crippen molar-refractivity contribution in [2.24, 2.45) is 0 Å². The molecule has 0 bridgehead atoms. The number of ether oxygens (including phenoxy) is 1. The highest BCUT2D eigenvalue weighted by molar-refractivity contribution is 5.70. The Kier molecular flexibility index (Phi) is 3.56. The molecule has 1 N–H and O–H groups in total. The van der Waals surface area contributed by atoms with Crippen molar-refractivity contribution >= 4 is 6.09 Å². The second-order valence-corrected chi connectivity index (χ2v) is 4.83. The molecule has 1 aliphatic rings. The topological polar surface area (TPSA) is 38.3 Å². The number of allylic oxidation sites excluding steroid dienone is 4. The van der Waals surface area contributed by atoms with E-state index in [-0.39, 0.29) is 6.09 Å². The van der Waals surface area contributed by atoms with Gasteiger partial charge in [-0.2, -0.15) is 0 Å². The molecule has 0 unspecified atom stereocenters. The smallest absolute Gasteiger partial charge is 0.411 e. The predicted octanol–water partition coefficient (Wildman–Crippen LogP) is 3.14. The third-order valence-electron chi connectivity index (χ3n) is 2.02. The number of nitrogens with one attached hydrogen (secondary N) is 1. The van der Waals surface area contributed by atoms with Crippen molar-refractivity contribution in [3.05, 3.63) is 23.4 Å². The summed E-state index contributed by atoms with van der Waals surface area (Å²) in [6.07, 6.45) is 5.46. The number of amides is 1. The minimum Gasteiger partial charge on any atom is -0.444 e. The van der Waals surface area contributed by atoms with Crippen molar-refractivity contribution in [1.82, 2.24) is 5.32 Å². The van der Waals surface area contributed by atoms with E-state index < -0.39 is 5.60 Å². The summed E-state index contributed by atoms with van der Waals surface area (Å²) in [4.78, 5) is 11.4. The van der Waals surface area contributed by atoms with Crippen molar-refractivity contribution in [1.29, 1.82) is 0 Å². The largest absolute Gasteiger partial charge is 0.444 e. The molecule has 0 aromatic carbocycles. The van der Waals surface area contributed by atoms with Crippen LogP contribution in [0.2, 0.25) is 0 Å². The first kappa shape index (κ1) is 11.8. The molecule has 15 heavy (non-hydrogen) atoms. The molecule has 1 rings (SSSR count). The molecular weight excluding hydrogens is 190 g/mol. The van der Waals surface area contributed by atoms with E-state index in [1.54, 1.807) is 0 Å². The van der Waals surface area contributed by atoms with Crippen LogP contribution >= 0.6 is 0 Å². The van der Waals surface area contributed by atoms with Gasteiger partial charge in [0.25, 0.3) is 0 Å². The Labute approximate surface area is 91.2 Å². The Morgan fingerprint density at radius 3 is 2.47 bits per heavy atom. The predicted molar refractivity (Wildman–Crippen MR) is 60.4 cm³/mol. The lowest BCUT2D eigenvalue weighted by Crippen LogP contribution is -2.32. The highest BCUT2D eigenvalue weighted by Gasteiger charge is 2.17. The molecule has 0 aromatic rings. The van der Waals surface area contributed by atoms with Crippen LogP contribution < -0.4 is 5.32 Å². The molecule has 0 spiro atoms. The van der Waals surface area contributed by atoms with E-state index in [0.29, 0.717) is 0 Å². The lowest BCUT2D eigenvalue weighted by molar-refractivity contribution is 0.0544. The molecule has 0 aromatic heterocycles. The first-order chi connectivity index (χ1) is 6.87. The van der Waals surface area contributed by atoms with Crippen LogP contribution in [0, 0.1) is 0 Å². The number of alkyl carbamates (subject to hydrolysis) is 1. The second kappa shape index (κ2) is 4.51. The summed E-state index contributed by atoms with van der Waals surface area (Å²) in [7, 11) is 0. The molecule has 84 valence electrons. The maximum absolute atomic E-state index is 11.4. The van der Waals surface area contributed by atoms with Crippen LogP contribution in [0.4, 0.5) is 4.79 Å². The van der Waals surface area contributed by atoms with Gasteiger partial charge in [0.1, 0.15) is 5.60 Å². The molecule has 0 radical (unpaired) electrons. The van der Waals surface area contributed by atoms with Gasteiger partial charge in [0.05, 0.1) is 0 Å². The zero-order valence-electron chi connectivity index (χ0n) is 9.89. The zero-order valence-corrected chi connectivity index (χ0v) is 9.89. The van der Waals surface area contributed by atoms with Crippen LogP contribution in [-0.4, -0.2) is 11.7 Å². The van der Waals surface area contributed by atoms with Crippen molar-refractivity contribution in [2.75, 3.05) is 0 Å². The average molecular weight is 209 g/mol. The van der Waals surface area contributed by atoms with Crippen LogP contribution in [0.1, 0.15) is 40.5 Å². The van der Waals surface area contributed by atoms with Gasteiger partial charge in [-0.1, -0.05) is 11.6 Å². The highest BCUT2D eigenvalue weighted by Crippen LogP contribution is 2.16. The summed E-state index contributed by atoms with van der Waals surface area (Å²) in [5, 5.41) is 2.75. The summed E-state index contributed by atoms with van der Waals surface area (Å²) in [6, 6.07) is 0. The number of carbonyl (C=O) groups excluding carboxylic acids is 1. The molecule has 0 saturated carbocycles. The number of carbonyl (C=O) groups is 1. The van der Waals surface area contributed by atoms with Crippen LogP contribution in [0.3, 0.4) is 0 Å². The van der Waals surface area contributed by atoms with Crippen molar-refractivity contribution in [3.8, 4) is 0 Å². The molecule has 1 amide bonds. The van der Waals surface area contributed by atoms with E-state index >= 15 is 0 Å². The third kappa shape index (κ3) is 4.68. The zero-order chi connectivity index (χ0) is 11.5. The molecule has 0 fully saturated rings. The first-order valence-electron chi connectivity index (χ1n) is 5.23. The first-order valence-corrected chi connectivity index (χ1v) is 5.23. The van der Waals surface area contributed by atoms with Crippen molar-refractivity contribution in [2.45, 2.75) is 46.1 Å². The van der Waals surface area contributed by atoms with Gasteiger partial charge in [0, 0.05) is 5.70 Å². The van der Waals surface area contributed by atoms with Gasteiger partial charge in [0.15, 0.2) is 0 Å². The summed E-state index contributed by atoms with van der Waals surface area (Å²) in [6.45, 7) is 7.64. The quantitative estimate of drug-likeness (QED) is 0.720. The molecule has 0 heterocycles. The third-order valence-corrected chi connectivity index (χ3v) is 2.02. The van der Waals surface area contributed by atoms with Gasteiger partial charge in [-0.3, -0.25) is 5.32 Å². The Morgan fingerprint density at radius 2 is 2.00 bits per heavy atom. The van der Waals surface area contributed by atoms with Crippen LogP contribution in [-0.2, 0) is 4.74 Å². The Balaban J connectivity index is 2.46. The molecule has 0 aliphatic heterocycles. The molecule has 0 atom stereocenters. The van der Waals surface area contributed by atoms with Crippen LogP contribution in [0.15, 0.2) is 23.4 Å². The second-order valence-electron chi connectivity index (χ2n) is 4.83. The Morgan fingerprint density at radius 1 is 1.33 bits per heavy atom. The number of hydrogen-bond acceptors (Lipinski definition) is 2. The van der Waals surface area contributed by atoms with Gasteiger partial charge < -0.3 is 4.74 Å². The lowest BCUT2D eigenvalue weighted by atomic mass is 10.0. The fourth-order valence-corrected chi connectivity index (χ4v) is 1.28. The lowest BCUT2D eigenvalue weighted by Gasteiger charge is -2.21.